The van der Waals surface area contributed by atoms with Crippen molar-refractivity contribution in [3.05, 3.63) is 0 Å². The SMILES string of the molecule is COCCC1(CN)CCCCCC1. The van der Waals surface area contributed by atoms with E-state index < -0.39 is 0 Å². The van der Waals surface area contributed by atoms with E-state index in [-0.39, 0.29) is 0 Å². The van der Waals surface area contributed by atoms with Gasteiger partial charge in [0.25, 0.3) is 0 Å². The van der Waals surface area contributed by atoms with E-state index in [4.69, 9.17) is 10.5 Å². The molecule has 2 nitrogen and oxygen atoms in total. The molecule has 0 spiro atoms. The highest BCUT2D eigenvalue weighted by atomic mass is 16.5. The lowest BCUT2D eigenvalue weighted by Gasteiger charge is -2.31. The molecule has 78 valence electrons. The molecular weight excluding hydrogens is 162 g/mol. The van der Waals surface area contributed by atoms with E-state index >= 15 is 0 Å². The smallest absolute Gasteiger partial charge is 0.0468 e. The topological polar surface area (TPSA) is 35.2 Å². The average Bonchev–Trinajstić information content (AvgIpc) is 2.41. The zero-order chi connectivity index (χ0) is 9.57. The highest BCUT2D eigenvalue weighted by Crippen LogP contribution is 2.36. The van der Waals surface area contributed by atoms with Crippen molar-refractivity contribution in [2.45, 2.75) is 44.9 Å². The number of hydrogen-bond acceptors (Lipinski definition) is 2. The molecule has 1 aliphatic carbocycles. The van der Waals surface area contributed by atoms with Gasteiger partial charge in [-0.3, -0.25) is 0 Å². The van der Waals surface area contributed by atoms with Gasteiger partial charge in [0.15, 0.2) is 0 Å². The van der Waals surface area contributed by atoms with Crippen molar-refractivity contribution in [1.82, 2.24) is 0 Å². The van der Waals surface area contributed by atoms with E-state index in [2.05, 4.69) is 0 Å². The predicted molar refractivity (Wildman–Crippen MR) is 55.7 cm³/mol. The summed E-state index contributed by atoms with van der Waals surface area (Å²) in [5.41, 5.74) is 6.30. The van der Waals surface area contributed by atoms with Crippen LogP contribution >= 0.6 is 0 Å². The van der Waals surface area contributed by atoms with Gasteiger partial charge in [0.05, 0.1) is 0 Å². The molecule has 0 unspecified atom stereocenters. The Bertz CT molecular complexity index is 128. The molecule has 1 rings (SSSR count). The van der Waals surface area contributed by atoms with E-state index in [9.17, 15) is 0 Å². The molecule has 1 fully saturated rings. The maximum Gasteiger partial charge on any atom is 0.0468 e. The van der Waals surface area contributed by atoms with E-state index in [0.29, 0.717) is 5.41 Å². The predicted octanol–water partition coefficient (Wildman–Crippen LogP) is 2.32. The van der Waals surface area contributed by atoms with Crippen molar-refractivity contribution in [3.63, 3.8) is 0 Å². The van der Waals surface area contributed by atoms with Gasteiger partial charge in [-0.1, -0.05) is 25.7 Å². The number of hydrogen-bond donors (Lipinski definition) is 1. The number of methoxy groups -OCH3 is 1. The lowest BCUT2D eigenvalue weighted by Crippen LogP contribution is -2.31. The molecular formula is C11H23NO. The zero-order valence-electron chi connectivity index (χ0n) is 8.85. The van der Waals surface area contributed by atoms with Gasteiger partial charge in [-0.2, -0.15) is 0 Å². The van der Waals surface area contributed by atoms with Gasteiger partial charge in [-0.15, -0.1) is 0 Å². The van der Waals surface area contributed by atoms with Gasteiger partial charge in [-0.05, 0) is 31.2 Å². The van der Waals surface area contributed by atoms with Crippen molar-refractivity contribution in [2.24, 2.45) is 11.1 Å². The summed E-state index contributed by atoms with van der Waals surface area (Å²) in [7, 11) is 1.78. The monoisotopic (exact) mass is 185 g/mol. The van der Waals surface area contributed by atoms with Crippen LogP contribution in [0.25, 0.3) is 0 Å². The van der Waals surface area contributed by atoms with Crippen molar-refractivity contribution in [3.8, 4) is 0 Å². The summed E-state index contributed by atoms with van der Waals surface area (Å²) in [6.45, 7) is 1.72. The van der Waals surface area contributed by atoms with Crippen LogP contribution in [0.4, 0.5) is 0 Å². The highest BCUT2D eigenvalue weighted by Gasteiger charge is 2.28. The summed E-state index contributed by atoms with van der Waals surface area (Å²) in [5, 5.41) is 0. The summed E-state index contributed by atoms with van der Waals surface area (Å²) in [6.07, 6.45) is 9.30. The maximum atomic E-state index is 5.89. The van der Waals surface area contributed by atoms with Crippen LogP contribution in [-0.2, 0) is 4.74 Å². The molecule has 0 aromatic rings. The van der Waals surface area contributed by atoms with Crippen LogP contribution in [0.15, 0.2) is 0 Å². The first-order valence-electron chi connectivity index (χ1n) is 5.52. The molecule has 13 heavy (non-hydrogen) atoms. The van der Waals surface area contributed by atoms with Gasteiger partial charge < -0.3 is 10.5 Å². The van der Waals surface area contributed by atoms with E-state index in [1.54, 1.807) is 7.11 Å². The summed E-state index contributed by atoms with van der Waals surface area (Å²) in [4.78, 5) is 0. The zero-order valence-corrected chi connectivity index (χ0v) is 8.85. The van der Waals surface area contributed by atoms with Gasteiger partial charge in [-0.25, -0.2) is 0 Å². The van der Waals surface area contributed by atoms with Gasteiger partial charge >= 0.3 is 0 Å². The first-order chi connectivity index (χ1) is 6.33. The minimum absolute atomic E-state index is 0.409. The van der Waals surface area contributed by atoms with Gasteiger partial charge in [0.2, 0.25) is 0 Å². The Morgan fingerprint density at radius 1 is 1.15 bits per heavy atom. The van der Waals surface area contributed by atoms with E-state index in [1.165, 1.54) is 38.5 Å². The Hall–Kier alpha value is -0.0800. The number of ether oxygens (including phenoxy) is 1. The first kappa shape index (κ1) is 11.0. The molecule has 0 saturated heterocycles. The Balaban J connectivity index is 2.43. The molecule has 0 heterocycles. The molecule has 0 aromatic carbocycles. The van der Waals surface area contributed by atoms with Crippen LogP contribution in [0, 0.1) is 5.41 Å². The van der Waals surface area contributed by atoms with Crippen LogP contribution in [0.1, 0.15) is 44.9 Å². The minimum Gasteiger partial charge on any atom is -0.385 e. The lowest BCUT2D eigenvalue weighted by molar-refractivity contribution is 0.127. The second kappa shape index (κ2) is 5.61. The highest BCUT2D eigenvalue weighted by molar-refractivity contribution is 4.82. The number of nitrogens with two attached hydrogens (primary N) is 1. The van der Waals surface area contributed by atoms with Crippen molar-refractivity contribution >= 4 is 0 Å². The fourth-order valence-electron chi connectivity index (χ4n) is 2.35. The van der Waals surface area contributed by atoms with Crippen LogP contribution in [0.2, 0.25) is 0 Å². The average molecular weight is 185 g/mol. The van der Waals surface area contributed by atoms with Crippen molar-refractivity contribution < 1.29 is 4.74 Å². The van der Waals surface area contributed by atoms with E-state index in [1.807, 2.05) is 0 Å². The Labute approximate surface area is 81.8 Å². The summed E-state index contributed by atoms with van der Waals surface area (Å²) in [6, 6.07) is 0. The molecule has 0 aromatic heterocycles. The number of rotatable bonds is 4. The van der Waals surface area contributed by atoms with Gasteiger partial charge in [0, 0.05) is 13.7 Å². The summed E-state index contributed by atoms with van der Waals surface area (Å²) < 4.78 is 5.16. The molecule has 0 aliphatic heterocycles. The van der Waals surface area contributed by atoms with Crippen molar-refractivity contribution in [1.29, 1.82) is 0 Å². The van der Waals surface area contributed by atoms with Crippen LogP contribution in [-0.4, -0.2) is 20.3 Å². The molecule has 2 N–H and O–H groups in total. The molecule has 0 bridgehead atoms. The maximum absolute atomic E-state index is 5.89. The molecule has 2 heteroatoms. The second-order valence-corrected chi connectivity index (χ2v) is 4.36. The largest absolute Gasteiger partial charge is 0.385 e. The standard InChI is InChI=1S/C11H23NO/c1-13-9-8-11(10-12)6-4-2-3-5-7-11/h2-10,12H2,1H3. The van der Waals surface area contributed by atoms with Crippen LogP contribution in [0.3, 0.4) is 0 Å². The fourth-order valence-corrected chi connectivity index (χ4v) is 2.35. The molecule has 1 saturated carbocycles. The van der Waals surface area contributed by atoms with E-state index in [0.717, 1.165) is 19.6 Å². The quantitative estimate of drug-likeness (QED) is 0.682. The molecule has 1 aliphatic rings. The van der Waals surface area contributed by atoms with Crippen molar-refractivity contribution in [2.75, 3.05) is 20.3 Å². The second-order valence-electron chi connectivity index (χ2n) is 4.36. The minimum atomic E-state index is 0.409. The molecule has 0 radical (unpaired) electrons. The Kier molecular flexibility index (Phi) is 4.74. The molecule has 0 atom stereocenters. The third-order valence-electron chi connectivity index (χ3n) is 3.43. The third-order valence-corrected chi connectivity index (χ3v) is 3.43. The van der Waals surface area contributed by atoms with Gasteiger partial charge in [0.1, 0.15) is 0 Å². The lowest BCUT2D eigenvalue weighted by atomic mass is 9.78. The van der Waals surface area contributed by atoms with Crippen LogP contribution in [0.5, 0.6) is 0 Å². The fraction of sp³-hybridized carbons (Fsp3) is 1.00. The summed E-state index contributed by atoms with van der Waals surface area (Å²) in [5.74, 6) is 0. The Morgan fingerprint density at radius 3 is 2.23 bits per heavy atom. The van der Waals surface area contributed by atoms with Crippen LogP contribution < -0.4 is 5.73 Å². The first-order valence-corrected chi connectivity index (χ1v) is 5.52. The summed E-state index contributed by atoms with van der Waals surface area (Å²) >= 11 is 0. The molecule has 0 amide bonds. The Morgan fingerprint density at radius 2 is 1.77 bits per heavy atom. The third kappa shape index (κ3) is 3.28. The normalized spacial score (nSPS) is 22.6.